The number of hydrogen-bond acceptors (Lipinski definition) is 2. The summed E-state index contributed by atoms with van der Waals surface area (Å²) >= 11 is 0. The van der Waals surface area contributed by atoms with Gasteiger partial charge in [0, 0.05) is 0 Å². The molecular formula is C14H27NO2. The van der Waals surface area contributed by atoms with Crippen molar-refractivity contribution in [3.05, 3.63) is 0 Å². The van der Waals surface area contributed by atoms with E-state index in [4.69, 9.17) is 0 Å². The van der Waals surface area contributed by atoms with E-state index in [1.54, 1.807) is 0 Å². The zero-order chi connectivity index (χ0) is 12.9. The number of rotatable bonds is 6. The summed E-state index contributed by atoms with van der Waals surface area (Å²) in [7, 11) is 0. The molecule has 0 saturated heterocycles. The molecule has 0 amide bonds. The number of carboxylic acids is 1. The largest absolute Gasteiger partial charge is 0.480 e. The fourth-order valence-electron chi connectivity index (χ4n) is 2.89. The molecule has 0 aliphatic heterocycles. The monoisotopic (exact) mass is 241 g/mol. The van der Waals surface area contributed by atoms with Gasteiger partial charge in [0.1, 0.15) is 5.54 Å². The van der Waals surface area contributed by atoms with Crippen LogP contribution in [0.2, 0.25) is 0 Å². The van der Waals surface area contributed by atoms with Crippen molar-refractivity contribution in [3.8, 4) is 0 Å². The first kappa shape index (κ1) is 14.5. The summed E-state index contributed by atoms with van der Waals surface area (Å²) in [5, 5.41) is 12.6. The Labute approximate surface area is 105 Å². The van der Waals surface area contributed by atoms with Crippen LogP contribution in [0, 0.1) is 11.8 Å². The van der Waals surface area contributed by atoms with E-state index in [9.17, 15) is 9.90 Å². The zero-order valence-corrected chi connectivity index (χ0v) is 11.5. The molecule has 0 aromatic carbocycles. The molecule has 1 fully saturated rings. The lowest BCUT2D eigenvalue weighted by molar-refractivity contribution is -0.144. The maximum absolute atomic E-state index is 11.3. The van der Waals surface area contributed by atoms with Gasteiger partial charge in [-0.05, 0) is 44.6 Å². The number of aliphatic carboxylic acids is 1. The average molecular weight is 241 g/mol. The molecule has 0 aromatic heterocycles. The van der Waals surface area contributed by atoms with E-state index < -0.39 is 11.5 Å². The van der Waals surface area contributed by atoms with Crippen molar-refractivity contribution in [1.82, 2.24) is 5.32 Å². The molecule has 17 heavy (non-hydrogen) atoms. The average Bonchev–Trinajstić information content (AvgIpc) is 2.27. The van der Waals surface area contributed by atoms with Crippen molar-refractivity contribution in [2.75, 3.05) is 6.54 Å². The van der Waals surface area contributed by atoms with Crippen LogP contribution in [0.1, 0.15) is 59.3 Å². The summed E-state index contributed by atoms with van der Waals surface area (Å²) < 4.78 is 0. The van der Waals surface area contributed by atoms with Gasteiger partial charge in [-0.3, -0.25) is 4.79 Å². The molecule has 1 aliphatic carbocycles. The molecule has 3 unspecified atom stereocenters. The van der Waals surface area contributed by atoms with Gasteiger partial charge in [0.15, 0.2) is 0 Å². The smallest absolute Gasteiger partial charge is 0.323 e. The Kier molecular flexibility index (Phi) is 5.44. The molecule has 100 valence electrons. The van der Waals surface area contributed by atoms with Gasteiger partial charge in [-0.25, -0.2) is 0 Å². The molecule has 0 heterocycles. The quantitative estimate of drug-likeness (QED) is 0.751. The predicted molar refractivity (Wildman–Crippen MR) is 70.1 cm³/mol. The predicted octanol–water partition coefficient (Wildman–Crippen LogP) is 3.05. The topological polar surface area (TPSA) is 49.3 Å². The van der Waals surface area contributed by atoms with Crippen LogP contribution < -0.4 is 5.32 Å². The first-order valence-corrected chi connectivity index (χ1v) is 6.96. The van der Waals surface area contributed by atoms with E-state index >= 15 is 0 Å². The Hall–Kier alpha value is -0.570. The second-order valence-electron chi connectivity index (χ2n) is 5.91. The van der Waals surface area contributed by atoms with Crippen molar-refractivity contribution in [1.29, 1.82) is 0 Å². The lowest BCUT2D eigenvalue weighted by atomic mass is 9.82. The summed E-state index contributed by atoms with van der Waals surface area (Å²) in [6, 6.07) is 0. The van der Waals surface area contributed by atoms with Crippen LogP contribution in [0.4, 0.5) is 0 Å². The van der Waals surface area contributed by atoms with Gasteiger partial charge < -0.3 is 10.4 Å². The van der Waals surface area contributed by atoms with E-state index in [-0.39, 0.29) is 0 Å². The molecule has 3 heteroatoms. The minimum atomic E-state index is -0.741. The molecule has 1 rings (SSSR count). The molecule has 0 spiro atoms. The summed E-state index contributed by atoms with van der Waals surface area (Å²) in [5.41, 5.74) is -0.741. The second-order valence-corrected chi connectivity index (χ2v) is 5.91. The van der Waals surface area contributed by atoms with E-state index in [0.717, 1.165) is 18.9 Å². The second kappa shape index (κ2) is 6.39. The first-order chi connectivity index (χ1) is 7.98. The van der Waals surface area contributed by atoms with Crippen molar-refractivity contribution in [2.45, 2.75) is 64.8 Å². The van der Waals surface area contributed by atoms with Gasteiger partial charge in [0.2, 0.25) is 0 Å². The Morgan fingerprint density at radius 2 is 2.18 bits per heavy atom. The minimum Gasteiger partial charge on any atom is -0.480 e. The summed E-state index contributed by atoms with van der Waals surface area (Å²) in [6.45, 7) is 7.00. The summed E-state index contributed by atoms with van der Waals surface area (Å²) in [5.74, 6) is 0.746. The molecule has 2 N–H and O–H groups in total. The summed E-state index contributed by atoms with van der Waals surface area (Å²) in [4.78, 5) is 11.3. The maximum atomic E-state index is 11.3. The van der Waals surface area contributed by atoms with Gasteiger partial charge >= 0.3 is 5.97 Å². The fourth-order valence-corrected chi connectivity index (χ4v) is 2.89. The fraction of sp³-hybridized carbons (Fsp3) is 0.929. The van der Waals surface area contributed by atoms with Crippen LogP contribution in [0.5, 0.6) is 0 Å². The molecule has 0 bridgehead atoms. The van der Waals surface area contributed by atoms with Crippen molar-refractivity contribution >= 4 is 5.97 Å². The SMILES string of the molecule is CCCC(C)(NCC1CCCC(C)C1)C(=O)O. The third-order valence-corrected chi connectivity index (χ3v) is 4.05. The number of carbonyl (C=O) groups is 1. The van der Waals surface area contributed by atoms with Crippen LogP contribution in [0.25, 0.3) is 0 Å². The molecule has 1 aliphatic rings. The Bertz CT molecular complexity index is 255. The van der Waals surface area contributed by atoms with Gasteiger partial charge in [-0.1, -0.05) is 33.1 Å². The lowest BCUT2D eigenvalue weighted by Gasteiger charge is -2.32. The normalized spacial score (nSPS) is 28.6. The first-order valence-electron chi connectivity index (χ1n) is 6.96. The molecule has 0 radical (unpaired) electrons. The zero-order valence-electron chi connectivity index (χ0n) is 11.5. The van der Waals surface area contributed by atoms with Gasteiger partial charge in [-0.15, -0.1) is 0 Å². The molecule has 0 aromatic rings. The van der Waals surface area contributed by atoms with Crippen LogP contribution in [0.15, 0.2) is 0 Å². The third kappa shape index (κ3) is 4.30. The minimum absolute atomic E-state index is 0.661. The molecule has 3 atom stereocenters. The van der Waals surface area contributed by atoms with E-state index in [2.05, 4.69) is 12.2 Å². The highest BCUT2D eigenvalue weighted by atomic mass is 16.4. The van der Waals surface area contributed by atoms with E-state index in [1.807, 2.05) is 13.8 Å². The van der Waals surface area contributed by atoms with Crippen molar-refractivity contribution < 1.29 is 9.90 Å². The Balaban J connectivity index is 2.43. The number of hydrogen-bond donors (Lipinski definition) is 2. The highest BCUT2D eigenvalue weighted by Crippen LogP contribution is 2.28. The standard InChI is InChI=1S/C14H27NO2/c1-4-8-14(3,13(16)17)15-10-12-7-5-6-11(2)9-12/h11-12,15H,4-10H2,1-3H3,(H,16,17). The van der Waals surface area contributed by atoms with Crippen LogP contribution >= 0.6 is 0 Å². The molecular weight excluding hydrogens is 214 g/mol. The van der Waals surface area contributed by atoms with Crippen molar-refractivity contribution in [2.24, 2.45) is 11.8 Å². The van der Waals surface area contributed by atoms with Crippen LogP contribution in [0.3, 0.4) is 0 Å². The van der Waals surface area contributed by atoms with Gasteiger partial charge in [-0.2, -0.15) is 0 Å². The molecule has 1 saturated carbocycles. The number of carboxylic acid groups (broad SMARTS) is 1. The number of nitrogens with one attached hydrogen (secondary N) is 1. The highest BCUT2D eigenvalue weighted by molar-refractivity contribution is 5.78. The van der Waals surface area contributed by atoms with Crippen LogP contribution in [-0.4, -0.2) is 23.2 Å². The van der Waals surface area contributed by atoms with Gasteiger partial charge in [0.05, 0.1) is 0 Å². The van der Waals surface area contributed by atoms with E-state index in [0.29, 0.717) is 12.3 Å². The Morgan fingerprint density at radius 3 is 2.71 bits per heavy atom. The van der Waals surface area contributed by atoms with E-state index in [1.165, 1.54) is 25.7 Å². The third-order valence-electron chi connectivity index (χ3n) is 4.05. The lowest BCUT2D eigenvalue weighted by Crippen LogP contribution is -2.51. The van der Waals surface area contributed by atoms with Crippen LogP contribution in [-0.2, 0) is 4.79 Å². The van der Waals surface area contributed by atoms with Gasteiger partial charge in [0.25, 0.3) is 0 Å². The summed E-state index contributed by atoms with van der Waals surface area (Å²) in [6.07, 6.45) is 6.72. The maximum Gasteiger partial charge on any atom is 0.323 e. The Morgan fingerprint density at radius 1 is 1.47 bits per heavy atom. The highest BCUT2D eigenvalue weighted by Gasteiger charge is 2.32. The molecule has 3 nitrogen and oxygen atoms in total. The van der Waals surface area contributed by atoms with Crippen molar-refractivity contribution in [3.63, 3.8) is 0 Å².